The maximum Gasteiger partial charge on any atom is 0.223 e. The molecule has 0 spiro atoms. The normalized spacial score (nSPS) is 21.5. The molecule has 1 amide bonds. The van der Waals surface area contributed by atoms with Crippen molar-refractivity contribution in [2.75, 3.05) is 31.9 Å². The number of nitriles is 1. The van der Waals surface area contributed by atoms with Crippen molar-refractivity contribution < 1.29 is 4.79 Å². The number of fused-ring (bicyclic) bond motifs is 1. The number of thioether (sulfide) groups is 1. The average Bonchev–Trinajstić information content (AvgIpc) is 2.92. The standard InChI is InChI=1S/C18H23N3OS/c19-13-15-4-6-17(7-5-15)23-12-8-18(22)21-11-2-10-20-9-1-3-16(20)14-21/h4-7,16H,1-3,8-12,14H2/t16-/m0/s1. The predicted molar refractivity (Wildman–Crippen MR) is 92.3 cm³/mol. The van der Waals surface area contributed by atoms with E-state index in [9.17, 15) is 4.79 Å². The largest absolute Gasteiger partial charge is 0.341 e. The molecule has 2 fully saturated rings. The zero-order valence-electron chi connectivity index (χ0n) is 13.4. The van der Waals surface area contributed by atoms with Crippen LogP contribution in [-0.2, 0) is 4.79 Å². The van der Waals surface area contributed by atoms with E-state index in [-0.39, 0.29) is 0 Å². The first-order chi connectivity index (χ1) is 11.3. The van der Waals surface area contributed by atoms with Gasteiger partial charge in [0.2, 0.25) is 5.91 Å². The van der Waals surface area contributed by atoms with Gasteiger partial charge in [0.15, 0.2) is 0 Å². The van der Waals surface area contributed by atoms with Gasteiger partial charge in [-0.1, -0.05) is 0 Å². The molecule has 23 heavy (non-hydrogen) atoms. The van der Waals surface area contributed by atoms with Crippen molar-refractivity contribution in [2.24, 2.45) is 0 Å². The van der Waals surface area contributed by atoms with Crippen LogP contribution in [0.1, 0.15) is 31.2 Å². The molecule has 4 nitrogen and oxygen atoms in total. The summed E-state index contributed by atoms with van der Waals surface area (Å²) in [5.41, 5.74) is 0.677. The second kappa shape index (κ2) is 7.85. The molecule has 2 heterocycles. The van der Waals surface area contributed by atoms with Crippen LogP contribution in [0.5, 0.6) is 0 Å². The number of hydrogen-bond donors (Lipinski definition) is 0. The Morgan fingerprint density at radius 1 is 1.22 bits per heavy atom. The van der Waals surface area contributed by atoms with Crippen LogP contribution in [0.4, 0.5) is 0 Å². The van der Waals surface area contributed by atoms with Gasteiger partial charge in [0.05, 0.1) is 11.6 Å². The minimum atomic E-state index is 0.292. The second-order valence-electron chi connectivity index (χ2n) is 6.26. The molecule has 1 aromatic rings. The first-order valence-electron chi connectivity index (χ1n) is 8.41. The van der Waals surface area contributed by atoms with Crippen molar-refractivity contribution in [3.8, 4) is 6.07 Å². The zero-order chi connectivity index (χ0) is 16.1. The lowest BCUT2D eigenvalue weighted by Gasteiger charge is -2.25. The van der Waals surface area contributed by atoms with Crippen molar-refractivity contribution in [1.29, 1.82) is 5.26 Å². The maximum absolute atomic E-state index is 12.5. The number of hydrogen-bond acceptors (Lipinski definition) is 4. The van der Waals surface area contributed by atoms with Crippen molar-refractivity contribution in [3.63, 3.8) is 0 Å². The minimum absolute atomic E-state index is 0.292. The summed E-state index contributed by atoms with van der Waals surface area (Å²) in [6.45, 7) is 4.18. The molecule has 2 aliphatic rings. The molecule has 2 saturated heterocycles. The third-order valence-corrected chi connectivity index (χ3v) is 5.74. The van der Waals surface area contributed by atoms with Crippen LogP contribution < -0.4 is 0 Å². The van der Waals surface area contributed by atoms with E-state index in [0.29, 0.717) is 23.9 Å². The molecular formula is C18H23N3OS. The van der Waals surface area contributed by atoms with Gasteiger partial charge in [0.25, 0.3) is 0 Å². The fourth-order valence-corrected chi connectivity index (χ4v) is 4.31. The highest BCUT2D eigenvalue weighted by molar-refractivity contribution is 7.99. The Bertz CT molecular complexity index is 581. The Hall–Kier alpha value is -1.51. The number of amides is 1. The molecule has 0 saturated carbocycles. The summed E-state index contributed by atoms with van der Waals surface area (Å²) in [6.07, 6.45) is 4.22. The van der Waals surface area contributed by atoms with E-state index in [1.54, 1.807) is 11.8 Å². The molecule has 0 N–H and O–H groups in total. The summed E-state index contributed by atoms with van der Waals surface area (Å²) < 4.78 is 0. The topological polar surface area (TPSA) is 47.3 Å². The van der Waals surface area contributed by atoms with Crippen molar-refractivity contribution >= 4 is 17.7 Å². The van der Waals surface area contributed by atoms with Crippen LogP contribution in [0, 0.1) is 11.3 Å². The minimum Gasteiger partial charge on any atom is -0.341 e. The molecule has 0 bridgehead atoms. The molecule has 122 valence electrons. The molecule has 1 atom stereocenters. The van der Waals surface area contributed by atoms with Crippen LogP contribution in [0.15, 0.2) is 29.2 Å². The molecule has 0 unspecified atom stereocenters. The van der Waals surface area contributed by atoms with Crippen LogP contribution in [0.3, 0.4) is 0 Å². The van der Waals surface area contributed by atoms with Gasteiger partial charge in [-0.05, 0) is 50.1 Å². The number of benzene rings is 1. The first-order valence-corrected chi connectivity index (χ1v) is 9.39. The highest BCUT2D eigenvalue weighted by Crippen LogP contribution is 2.23. The van der Waals surface area contributed by atoms with E-state index in [0.717, 1.165) is 36.7 Å². The number of rotatable bonds is 4. The van der Waals surface area contributed by atoms with Crippen molar-refractivity contribution in [2.45, 2.75) is 36.6 Å². The summed E-state index contributed by atoms with van der Waals surface area (Å²) in [5.74, 6) is 1.09. The van der Waals surface area contributed by atoms with Crippen molar-refractivity contribution in [3.05, 3.63) is 29.8 Å². The predicted octanol–water partition coefficient (Wildman–Crippen LogP) is 2.74. The Morgan fingerprint density at radius 2 is 2.00 bits per heavy atom. The lowest BCUT2D eigenvalue weighted by molar-refractivity contribution is -0.131. The summed E-state index contributed by atoms with van der Waals surface area (Å²) in [6, 6.07) is 10.3. The van der Waals surface area contributed by atoms with E-state index >= 15 is 0 Å². The molecule has 0 aromatic heterocycles. The molecule has 0 radical (unpaired) electrons. The lowest BCUT2D eigenvalue weighted by atomic mass is 10.2. The van der Waals surface area contributed by atoms with Gasteiger partial charge in [-0.2, -0.15) is 5.26 Å². The van der Waals surface area contributed by atoms with Gasteiger partial charge in [-0.15, -0.1) is 11.8 Å². The molecule has 5 heteroatoms. The van der Waals surface area contributed by atoms with Crippen LogP contribution in [0.2, 0.25) is 0 Å². The van der Waals surface area contributed by atoms with Crippen LogP contribution in [0.25, 0.3) is 0 Å². The maximum atomic E-state index is 12.5. The van der Waals surface area contributed by atoms with E-state index in [2.05, 4.69) is 15.9 Å². The third-order valence-electron chi connectivity index (χ3n) is 4.72. The first kappa shape index (κ1) is 16.4. The Labute approximate surface area is 142 Å². The monoisotopic (exact) mass is 329 g/mol. The van der Waals surface area contributed by atoms with Crippen LogP contribution >= 0.6 is 11.8 Å². The Morgan fingerprint density at radius 3 is 2.78 bits per heavy atom. The summed E-state index contributed by atoms with van der Waals surface area (Å²) >= 11 is 1.69. The second-order valence-corrected chi connectivity index (χ2v) is 7.43. The Balaban J connectivity index is 1.46. The van der Waals surface area contributed by atoms with E-state index < -0.39 is 0 Å². The average molecular weight is 329 g/mol. The Kier molecular flexibility index (Phi) is 5.58. The SMILES string of the molecule is N#Cc1ccc(SCCC(=O)N2CCCN3CCC[C@H]3C2)cc1. The van der Waals surface area contributed by atoms with Crippen LogP contribution in [-0.4, -0.2) is 53.7 Å². The highest BCUT2D eigenvalue weighted by Gasteiger charge is 2.30. The molecule has 1 aromatic carbocycles. The summed E-state index contributed by atoms with van der Waals surface area (Å²) in [5, 5.41) is 8.80. The van der Waals surface area contributed by atoms with Gasteiger partial charge in [0, 0.05) is 42.7 Å². The van der Waals surface area contributed by atoms with Gasteiger partial charge < -0.3 is 4.90 Å². The van der Waals surface area contributed by atoms with Gasteiger partial charge >= 0.3 is 0 Å². The molecule has 0 aliphatic carbocycles. The summed E-state index contributed by atoms with van der Waals surface area (Å²) in [7, 11) is 0. The number of carbonyl (C=O) groups excluding carboxylic acids is 1. The van der Waals surface area contributed by atoms with Gasteiger partial charge in [0.1, 0.15) is 0 Å². The molecule has 2 aliphatic heterocycles. The lowest BCUT2D eigenvalue weighted by Crippen LogP contribution is -2.39. The molecule has 3 rings (SSSR count). The number of nitrogens with zero attached hydrogens (tertiary/aromatic N) is 3. The molecular weight excluding hydrogens is 306 g/mol. The van der Waals surface area contributed by atoms with Gasteiger partial charge in [-0.3, -0.25) is 9.69 Å². The summed E-state index contributed by atoms with van der Waals surface area (Å²) in [4.78, 5) is 18.2. The fourth-order valence-electron chi connectivity index (χ4n) is 3.47. The smallest absolute Gasteiger partial charge is 0.223 e. The quantitative estimate of drug-likeness (QED) is 0.797. The highest BCUT2D eigenvalue weighted by atomic mass is 32.2. The fraction of sp³-hybridized carbons (Fsp3) is 0.556. The van der Waals surface area contributed by atoms with Gasteiger partial charge in [-0.25, -0.2) is 0 Å². The zero-order valence-corrected chi connectivity index (χ0v) is 14.2. The van der Waals surface area contributed by atoms with Crippen molar-refractivity contribution in [1.82, 2.24) is 9.80 Å². The third kappa shape index (κ3) is 4.27. The van der Waals surface area contributed by atoms with E-state index in [1.807, 2.05) is 24.3 Å². The number of carbonyl (C=O) groups is 1. The van der Waals surface area contributed by atoms with E-state index in [4.69, 9.17) is 5.26 Å². The van der Waals surface area contributed by atoms with E-state index in [1.165, 1.54) is 19.4 Å².